The lowest BCUT2D eigenvalue weighted by Gasteiger charge is -2.11. The van der Waals surface area contributed by atoms with Crippen molar-refractivity contribution >= 4 is 49.3 Å². The van der Waals surface area contributed by atoms with Crippen LogP contribution < -0.4 is 10.5 Å². The second kappa shape index (κ2) is 6.11. The van der Waals surface area contributed by atoms with Gasteiger partial charge < -0.3 is 10.5 Å². The Kier molecular flexibility index (Phi) is 4.67. The molecule has 0 aliphatic heterocycles. The van der Waals surface area contributed by atoms with E-state index >= 15 is 0 Å². The summed E-state index contributed by atoms with van der Waals surface area (Å²) in [6.07, 6.45) is 0. The van der Waals surface area contributed by atoms with Crippen molar-refractivity contribution in [3.8, 4) is 11.5 Å². The molecule has 0 spiro atoms. The van der Waals surface area contributed by atoms with E-state index in [1.807, 2.05) is 0 Å². The molecule has 0 heterocycles. The van der Waals surface area contributed by atoms with Gasteiger partial charge in [-0.3, -0.25) is 5.41 Å². The summed E-state index contributed by atoms with van der Waals surface area (Å²) in [5.41, 5.74) is 5.61. The van der Waals surface area contributed by atoms with Gasteiger partial charge in [0.25, 0.3) is 0 Å². The standard InChI is InChI=1S/C13H8Br2ClFN2O/c14-6-1-3-8(16)10(5-6)20-9-4-2-7(13(18)19)11(15)12(9)17/h1-5H,(H3,18,19). The molecule has 0 amide bonds. The van der Waals surface area contributed by atoms with E-state index in [9.17, 15) is 4.39 Å². The van der Waals surface area contributed by atoms with Crippen LogP contribution >= 0.6 is 43.5 Å². The summed E-state index contributed by atoms with van der Waals surface area (Å²) >= 11 is 12.3. The largest absolute Gasteiger partial charge is 0.453 e. The van der Waals surface area contributed by atoms with Gasteiger partial charge in [-0.2, -0.15) is 0 Å². The van der Waals surface area contributed by atoms with Crippen molar-refractivity contribution in [2.45, 2.75) is 0 Å². The molecule has 0 aliphatic rings. The van der Waals surface area contributed by atoms with Crippen LogP contribution in [0.15, 0.2) is 39.3 Å². The first-order chi connectivity index (χ1) is 9.40. The second-order valence-corrected chi connectivity index (χ2v) is 5.95. The summed E-state index contributed by atoms with van der Waals surface area (Å²) in [5, 5.41) is 7.70. The molecule has 0 bridgehead atoms. The fraction of sp³-hybridized carbons (Fsp3) is 0. The molecular formula is C13H8Br2ClFN2O. The van der Waals surface area contributed by atoms with Crippen LogP contribution in [-0.4, -0.2) is 5.84 Å². The Balaban J connectivity index is 2.42. The van der Waals surface area contributed by atoms with Crippen molar-refractivity contribution in [1.82, 2.24) is 0 Å². The quantitative estimate of drug-likeness (QED) is 0.535. The van der Waals surface area contributed by atoms with Gasteiger partial charge in [0, 0.05) is 10.0 Å². The van der Waals surface area contributed by atoms with Crippen molar-refractivity contribution in [1.29, 1.82) is 5.41 Å². The fourth-order valence-electron chi connectivity index (χ4n) is 1.49. The third-order valence-electron chi connectivity index (χ3n) is 2.45. The van der Waals surface area contributed by atoms with Crippen LogP contribution in [0.4, 0.5) is 4.39 Å². The molecule has 0 unspecified atom stereocenters. The molecule has 0 atom stereocenters. The Labute approximate surface area is 136 Å². The highest BCUT2D eigenvalue weighted by Crippen LogP contribution is 2.35. The van der Waals surface area contributed by atoms with Crippen LogP contribution in [0.5, 0.6) is 11.5 Å². The molecule has 2 aromatic carbocycles. The van der Waals surface area contributed by atoms with E-state index in [2.05, 4.69) is 31.9 Å². The van der Waals surface area contributed by atoms with Crippen molar-refractivity contribution in [3.05, 3.63) is 55.7 Å². The summed E-state index contributed by atoms with van der Waals surface area (Å²) in [6, 6.07) is 7.91. The van der Waals surface area contributed by atoms with E-state index in [0.717, 1.165) is 4.47 Å². The third kappa shape index (κ3) is 3.13. The highest BCUT2D eigenvalue weighted by Gasteiger charge is 2.15. The summed E-state index contributed by atoms with van der Waals surface area (Å²) < 4.78 is 20.5. The van der Waals surface area contributed by atoms with Crippen LogP contribution in [0.25, 0.3) is 0 Å². The maximum absolute atomic E-state index is 14.2. The highest BCUT2D eigenvalue weighted by atomic mass is 79.9. The van der Waals surface area contributed by atoms with Gasteiger partial charge in [0.05, 0.1) is 9.50 Å². The zero-order chi connectivity index (χ0) is 14.9. The summed E-state index contributed by atoms with van der Waals surface area (Å²) in [6.45, 7) is 0. The zero-order valence-electron chi connectivity index (χ0n) is 9.88. The molecule has 0 fully saturated rings. The predicted molar refractivity (Wildman–Crippen MR) is 84.3 cm³/mol. The van der Waals surface area contributed by atoms with Gasteiger partial charge in [0.1, 0.15) is 11.6 Å². The number of ether oxygens (including phenoxy) is 1. The molecular weight excluding hydrogens is 414 g/mol. The van der Waals surface area contributed by atoms with Gasteiger partial charge in [-0.05, 0) is 46.3 Å². The fourth-order valence-corrected chi connectivity index (χ4v) is 2.53. The van der Waals surface area contributed by atoms with Crippen LogP contribution in [0.2, 0.25) is 5.02 Å². The van der Waals surface area contributed by atoms with Crippen molar-refractivity contribution in [3.63, 3.8) is 0 Å². The number of halogens is 4. The lowest BCUT2D eigenvalue weighted by Crippen LogP contribution is -2.12. The molecule has 3 N–H and O–H groups in total. The van der Waals surface area contributed by atoms with E-state index in [1.54, 1.807) is 18.2 Å². The van der Waals surface area contributed by atoms with Gasteiger partial charge in [-0.25, -0.2) is 4.39 Å². The van der Waals surface area contributed by atoms with Gasteiger partial charge in [0.2, 0.25) is 0 Å². The molecule has 0 aliphatic carbocycles. The second-order valence-electron chi connectivity index (χ2n) is 3.83. The summed E-state index contributed by atoms with van der Waals surface area (Å²) in [5.74, 6) is -0.569. The number of hydrogen-bond acceptors (Lipinski definition) is 2. The van der Waals surface area contributed by atoms with Crippen LogP contribution in [0.1, 0.15) is 5.56 Å². The van der Waals surface area contributed by atoms with Gasteiger partial charge in [0.15, 0.2) is 11.6 Å². The van der Waals surface area contributed by atoms with Gasteiger partial charge in [-0.15, -0.1) is 0 Å². The zero-order valence-corrected chi connectivity index (χ0v) is 13.8. The first-order valence-corrected chi connectivity index (χ1v) is 7.32. The molecule has 7 heteroatoms. The Hall–Kier alpha value is -1.11. The van der Waals surface area contributed by atoms with Crippen LogP contribution in [0, 0.1) is 11.2 Å². The molecule has 3 nitrogen and oxygen atoms in total. The maximum Gasteiger partial charge on any atom is 0.180 e. The minimum absolute atomic E-state index is 0.0122. The predicted octanol–water partition coefficient (Wildman–Crippen LogP) is 5.08. The van der Waals surface area contributed by atoms with Crippen molar-refractivity contribution in [2.75, 3.05) is 0 Å². The van der Waals surface area contributed by atoms with Crippen molar-refractivity contribution < 1.29 is 9.13 Å². The average Bonchev–Trinajstić information content (AvgIpc) is 2.39. The number of nitrogen functional groups attached to an aromatic ring is 1. The molecule has 0 radical (unpaired) electrons. The Morgan fingerprint density at radius 2 is 1.90 bits per heavy atom. The topological polar surface area (TPSA) is 59.1 Å². The SMILES string of the molecule is N=C(N)c1ccc(Oc2cc(Br)ccc2Cl)c(F)c1Br. The lowest BCUT2D eigenvalue weighted by atomic mass is 10.2. The molecule has 0 saturated carbocycles. The first kappa shape index (κ1) is 15.3. The summed E-state index contributed by atoms with van der Waals surface area (Å²) in [4.78, 5) is 0. The van der Waals surface area contributed by atoms with Gasteiger partial charge >= 0.3 is 0 Å². The molecule has 0 saturated heterocycles. The molecule has 0 aromatic heterocycles. The Bertz CT molecular complexity index is 694. The number of amidine groups is 1. The van der Waals surface area contributed by atoms with Crippen LogP contribution in [0.3, 0.4) is 0 Å². The number of hydrogen-bond donors (Lipinski definition) is 2. The molecule has 20 heavy (non-hydrogen) atoms. The Morgan fingerprint density at radius 3 is 2.55 bits per heavy atom. The Morgan fingerprint density at radius 1 is 1.20 bits per heavy atom. The minimum atomic E-state index is -0.645. The van der Waals surface area contributed by atoms with E-state index in [1.165, 1.54) is 12.1 Å². The van der Waals surface area contributed by atoms with Gasteiger partial charge in [-0.1, -0.05) is 27.5 Å². The van der Waals surface area contributed by atoms with Crippen molar-refractivity contribution in [2.24, 2.45) is 5.73 Å². The minimum Gasteiger partial charge on any atom is -0.453 e. The normalized spacial score (nSPS) is 10.4. The van der Waals surface area contributed by atoms with E-state index in [4.69, 9.17) is 27.5 Å². The number of benzene rings is 2. The number of rotatable bonds is 3. The van der Waals surface area contributed by atoms with E-state index < -0.39 is 5.82 Å². The highest BCUT2D eigenvalue weighted by molar-refractivity contribution is 9.10. The molecule has 2 aromatic rings. The average molecular weight is 422 g/mol. The lowest BCUT2D eigenvalue weighted by molar-refractivity contribution is 0.440. The van der Waals surface area contributed by atoms with E-state index in [0.29, 0.717) is 10.8 Å². The third-order valence-corrected chi connectivity index (χ3v) is 4.03. The first-order valence-electron chi connectivity index (χ1n) is 5.35. The van der Waals surface area contributed by atoms with E-state index in [-0.39, 0.29) is 21.6 Å². The smallest absolute Gasteiger partial charge is 0.180 e. The maximum atomic E-state index is 14.2. The molecule has 104 valence electrons. The number of nitrogens with one attached hydrogen (secondary N) is 1. The monoisotopic (exact) mass is 420 g/mol. The summed E-state index contributed by atoms with van der Waals surface area (Å²) in [7, 11) is 0. The number of nitrogens with two attached hydrogens (primary N) is 1. The molecule has 2 rings (SSSR count). The van der Waals surface area contributed by atoms with Crippen LogP contribution in [-0.2, 0) is 0 Å².